The van der Waals surface area contributed by atoms with Gasteiger partial charge in [0.1, 0.15) is 6.54 Å². The maximum absolute atomic E-state index is 14.1. The molecule has 2 N–H and O–H groups in total. The minimum absolute atomic E-state index is 0.0449. The van der Waals surface area contributed by atoms with E-state index in [1.54, 1.807) is 0 Å². The third kappa shape index (κ3) is 4.18. The number of ketones is 1. The highest BCUT2D eigenvalue weighted by Crippen LogP contribution is 2.22. The molecule has 24 heavy (non-hydrogen) atoms. The number of carbonyl (C=O) groups is 2. The van der Waals surface area contributed by atoms with Crippen LogP contribution in [0.25, 0.3) is 0 Å². The number of nitrogens with one attached hydrogen (secondary N) is 2. The predicted molar refractivity (Wildman–Crippen MR) is 84.0 cm³/mol. The zero-order valence-corrected chi connectivity index (χ0v) is 14.5. The number of amides is 1. The number of aromatic nitrogens is 2. The Hall–Kier alpha value is -1.81. The predicted octanol–water partition coefficient (Wildman–Crippen LogP) is 0.817. The van der Waals surface area contributed by atoms with Gasteiger partial charge < -0.3 is 0 Å². The standard InChI is InChI=1S/C14H21FN4O4S/c1-9(20)8-19-13(12(15)10(2)17-19)14(21)16-18-24(22,23)11-6-4-3-5-7-11/h11,18H,3-8H2,1-2H3,(H,16,21). The van der Waals surface area contributed by atoms with Gasteiger partial charge in [-0.2, -0.15) is 5.10 Å². The lowest BCUT2D eigenvalue weighted by Crippen LogP contribution is -2.47. The molecule has 1 aliphatic rings. The second-order valence-corrected chi connectivity index (χ2v) is 7.93. The van der Waals surface area contributed by atoms with Gasteiger partial charge in [-0.15, -0.1) is 4.83 Å². The van der Waals surface area contributed by atoms with Crippen molar-refractivity contribution >= 4 is 21.7 Å². The molecule has 10 heteroatoms. The monoisotopic (exact) mass is 360 g/mol. The van der Waals surface area contributed by atoms with Gasteiger partial charge in [0, 0.05) is 0 Å². The van der Waals surface area contributed by atoms with Crippen LogP contribution in [0.2, 0.25) is 0 Å². The Morgan fingerprint density at radius 1 is 1.29 bits per heavy atom. The number of hydrogen-bond acceptors (Lipinski definition) is 5. The largest absolute Gasteiger partial charge is 0.298 e. The fourth-order valence-electron chi connectivity index (χ4n) is 2.74. The first-order chi connectivity index (χ1) is 11.2. The Labute approximate surface area is 139 Å². The first kappa shape index (κ1) is 18.5. The highest BCUT2D eigenvalue weighted by molar-refractivity contribution is 7.90. The van der Waals surface area contributed by atoms with Gasteiger partial charge in [-0.05, 0) is 26.7 Å². The summed E-state index contributed by atoms with van der Waals surface area (Å²) in [6.45, 7) is 2.36. The minimum Gasteiger partial charge on any atom is -0.298 e. The molecule has 0 atom stereocenters. The van der Waals surface area contributed by atoms with Crippen molar-refractivity contribution in [3.8, 4) is 0 Å². The van der Waals surface area contributed by atoms with Crippen LogP contribution in [-0.4, -0.2) is 35.1 Å². The summed E-state index contributed by atoms with van der Waals surface area (Å²) in [5, 5.41) is 3.22. The van der Waals surface area contributed by atoms with E-state index in [0.29, 0.717) is 12.8 Å². The summed E-state index contributed by atoms with van der Waals surface area (Å²) in [5.74, 6) is -2.19. The topological polar surface area (TPSA) is 110 Å². The van der Waals surface area contributed by atoms with Crippen molar-refractivity contribution in [1.29, 1.82) is 0 Å². The van der Waals surface area contributed by atoms with E-state index in [2.05, 4.69) is 5.10 Å². The summed E-state index contributed by atoms with van der Waals surface area (Å²) in [6.07, 6.45) is 3.69. The van der Waals surface area contributed by atoms with Gasteiger partial charge in [0.2, 0.25) is 10.0 Å². The zero-order chi connectivity index (χ0) is 17.9. The average molecular weight is 360 g/mol. The van der Waals surface area contributed by atoms with Crippen LogP contribution in [0.3, 0.4) is 0 Å². The van der Waals surface area contributed by atoms with Crippen LogP contribution in [0.5, 0.6) is 0 Å². The summed E-state index contributed by atoms with van der Waals surface area (Å²) in [4.78, 5) is 25.4. The van der Waals surface area contributed by atoms with E-state index in [1.165, 1.54) is 13.8 Å². The Kier molecular flexibility index (Phi) is 5.70. The number of hydrazine groups is 1. The Morgan fingerprint density at radius 3 is 2.50 bits per heavy atom. The van der Waals surface area contributed by atoms with Crippen molar-refractivity contribution in [2.45, 2.75) is 57.7 Å². The quantitative estimate of drug-likeness (QED) is 0.730. The number of nitrogens with zero attached hydrogens (tertiary/aromatic N) is 2. The van der Waals surface area contributed by atoms with Crippen LogP contribution >= 0.6 is 0 Å². The Bertz CT molecular complexity index is 738. The third-order valence-electron chi connectivity index (χ3n) is 3.94. The van der Waals surface area contributed by atoms with Crippen molar-refractivity contribution in [2.75, 3.05) is 0 Å². The Balaban J connectivity index is 2.11. The van der Waals surface area contributed by atoms with E-state index >= 15 is 0 Å². The molecule has 0 bridgehead atoms. The summed E-state index contributed by atoms with van der Waals surface area (Å²) < 4.78 is 39.3. The van der Waals surface area contributed by atoms with Crippen molar-refractivity contribution in [3.63, 3.8) is 0 Å². The molecular weight excluding hydrogens is 339 g/mol. The molecule has 1 saturated carbocycles. The van der Waals surface area contributed by atoms with Crippen molar-refractivity contribution in [2.24, 2.45) is 0 Å². The van der Waals surface area contributed by atoms with E-state index in [4.69, 9.17) is 0 Å². The van der Waals surface area contributed by atoms with E-state index in [1.807, 2.05) is 10.3 Å². The van der Waals surface area contributed by atoms with Crippen molar-refractivity contribution < 1.29 is 22.4 Å². The molecule has 1 heterocycles. The number of hydrogen-bond donors (Lipinski definition) is 2. The van der Waals surface area contributed by atoms with Crippen LogP contribution in [0.4, 0.5) is 4.39 Å². The lowest BCUT2D eigenvalue weighted by molar-refractivity contribution is -0.117. The molecule has 0 radical (unpaired) electrons. The van der Waals surface area contributed by atoms with Gasteiger partial charge in [-0.1, -0.05) is 19.3 Å². The molecule has 2 rings (SSSR count). The van der Waals surface area contributed by atoms with Gasteiger partial charge in [0.05, 0.1) is 10.9 Å². The number of aryl methyl sites for hydroxylation is 1. The molecule has 1 aromatic heterocycles. The second kappa shape index (κ2) is 7.39. The minimum atomic E-state index is -3.73. The molecule has 1 amide bonds. The van der Waals surface area contributed by atoms with Crippen molar-refractivity contribution in [3.05, 3.63) is 17.2 Å². The van der Waals surface area contributed by atoms with E-state index in [-0.39, 0.29) is 18.0 Å². The Morgan fingerprint density at radius 2 is 1.92 bits per heavy atom. The molecule has 1 aromatic rings. The maximum atomic E-state index is 14.1. The molecule has 8 nitrogen and oxygen atoms in total. The molecule has 0 spiro atoms. The number of rotatable bonds is 6. The van der Waals surface area contributed by atoms with Crippen LogP contribution < -0.4 is 10.3 Å². The molecule has 0 unspecified atom stereocenters. The van der Waals surface area contributed by atoms with E-state index in [0.717, 1.165) is 23.9 Å². The molecule has 134 valence electrons. The van der Waals surface area contributed by atoms with Gasteiger partial charge in [-0.25, -0.2) is 17.5 Å². The summed E-state index contributed by atoms with van der Waals surface area (Å²) >= 11 is 0. The normalized spacial score (nSPS) is 16.1. The van der Waals surface area contributed by atoms with Crippen molar-refractivity contribution in [1.82, 2.24) is 20.0 Å². The number of halogens is 1. The molecule has 1 aliphatic carbocycles. The van der Waals surface area contributed by atoms with Gasteiger partial charge in [-0.3, -0.25) is 15.0 Å². The van der Waals surface area contributed by atoms with Crippen LogP contribution in [0.15, 0.2) is 0 Å². The second-order valence-electron chi connectivity index (χ2n) is 5.97. The number of Topliss-reactive ketones (excluding diaryl/α,β-unsaturated/α-hetero) is 1. The van der Waals surface area contributed by atoms with Gasteiger partial charge in [0.25, 0.3) is 5.91 Å². The SMILES string of the molecule is CC(=O)Cn1nc(C)c(F)c1C(=O)NNS(=O)(=O)C1CCCCC1. The first-order valence-electron chi connectivity index (χ1n) is 7.75. The van der Waals surface area contributed by atoms with Crippen LogP contribution in [0.1, 0.15) is 55.2 Å². The first-order valence-corrected chi connectivity index (χ1v) is 9.30. The van der Waals surface area contributed by atoms with Crippen LogP contribution in [-0.2, 0) is 21.4 Å². The highest BCUT2D eigenvalue weighted by atomic mass is 32.2. The average Bonchev–Trinajstić information content (AvgIpc) is 2.79. The molecule has 0 saturated heterocycles. The molecular formula is C14H21FN4O4S. The fraction of sp³-hybridized carbons (Fsp3) is 0.643. The molecule has 0 aliphatic heterocycles. The fourth-order valence-corrected chi connectivity index (χ4v) is 4.09. The summed E-state index contributed by atoms with van der Waals surface area (Å²) in [5.41, 5.74) is 1.49. The highest BCUT2D eigenvalue weighted by Gasteiger charge is 2.29. The van der Waals surface area contributed by atoms with Gasteiger partial charge in [0.15, 0.2) is 17.3 Å². The van der Waals surface area contributed by atoms with E-state index < -0.39 is 32.7 Å². The zero-order valence-electron chi connectivity index (χ0n) is 13.6. The molecule has 0 aromatic carbocycles. The summed E-state index contributed by atoms with van der Waals surface area (Å²) in [7, 11) is -3.73. The number of carbonyl (C=O) groups excluding carboxylic acids is 2. The van der Waals surface area contributed by atoms with Gasteiger partial charge >= 0.3 is 0 Å². The molecule has 1 fully saturated rings. The third-order valence-corrected chi connectivity index (χ3v) is 5.68. The lowest BCUT2D eigenvalue weighted by Gasteiger charge is -2.22. The van der Waals surface area contributed by atoms with E-state index in [9.17, 15) is 22.4 Å². The maximum Gasteiger partial charge on any atom is 0.287 e. The number of sulfonamides is 1. The lowest BCUT2D eigenvalue weighted by atomic mass is 10.0. The van der Waals surface area contributed by atoms with Crippen LogP contribution in [0, 0.1) is 12.7 Å². The smallest absolute Gasteiger partial charge is 0.287 e. The summed E-state index contributed by atoms with van der Waals surface area (Å²) in [6, 6.07) is 0.